The van der Waals surface area contributed by atoms with Crippen LogP contribution >= 0.6 is 35.6 Å². The number of hydrogen-bond acceptors (Lipinski definition) is 3. The second kappa shape index (κ2) is 13.1. The summed E-state index contributed by atoms with van der Waals surface area (Å²) in [5, 5.41) is 4.70. The minimum atomic E-state index is 0. The molecule has 0 aliphatic heterocycles. The molecule has 0 atom stereocenters. The number of halogens is 3. The van der Waals surface area contributed by atoms with Crippen LogP contribution in [0.3, 0.4) is 0 Å². The predicted molar refractivity (Wildman–Crippen MR) is 117 cm³/mol. The first-order chi connectivity index (χ1) is 12.7. The number of unbranched alkanes of at least 4 members (excludes halogenated alkanes) is 2. The molecule has 0 saturated carbocycles. The zero-order valence-electron chi connectivity index (χ0n) is 15.9. The lowest BCUT2D eigenvalue weighted by molar-refractivity contribution is 0.266. The van der Waals surface area contributed by atoms with Crippen LogP contribution in [0, 0.1) is 0 Å². The second-order valence-corrected chi connectivity index (χ2v) is 6.93. The molecule has 6 heteroatoms. The highest BCUT2D eigenvalue weighted by atomic mass is 35.5. The number of ether oxygens (including phenoxy) is 2. The molecule has 0 unspecified atom stereocenters. The van der Waals surface area contributed by atoms with Crippen molar-refractivity contribution in [2.24, 2.45) is 0 Å². The summed E-state index contributed by atoms with van der Waals surface area (Å²) >= 11 is 12.2. The summed E-state index contributed by atoms with van der Waals surface area (Å²) in [5.41, 5.74) is 1.97. The molecular weight excluding hydrogens is 405 g/mol. The summed E-state index contributed by atoms with van der Waals surface area (Å²) in [6.45, 7) is 6.87. The summed E-state index contributed by atoms with van der Waals surface area (Å²) in [5.74, 6) is 1.52. The molecular formula is C21H28Cl3NO2. The maximum atomic E-state index is 6.26. The van der Waals surface area contributed by atoms with E-state index >= 15 is 0 Å². The van der Waals surface area contributed by atoms with Crippen molar-refractivity contribution in [2.75, 3.05) is 13.2 Å². The average molecular weight is 433 g/mol. The Kier molecular flexibility index (Phi) is 11.6. The van der Waals surface area contributed by atoms with Crippen molar-refractivity contribution in [3.8, 4) is 11.5 Å². The number of nitrogens with one attached hydrogen (secondary N) is 1. The lowest BCUT2D eigenvalue weighted by Gasteiger charge is -2.17. The molecule has 2 rings (SSSR count). The molecule has 0 amide bonds. The SMILES string of the molecule is CCCCCNCc1cccc(OCC)c1OCc1ccc(Cl)cc1Cl.Cl. The lowest BCUT2D eigenvalue weighted by Crippen LogP contribution is -2.16. The highest BCUT2D eigenvalue weighted by Gasteiger charge is 2.12. The molecule has 0 spiro atoms. The molecule has 150 valence electrons. The van der Waals surface area contributed by atoms with Crippen LogP contribution in [0.2, 0.25) is 10.0 Å². The Morgan fingerprint density at radius 1 is 0.963 bits per heavy atom. The van der Waals surface area contributed by atoms with Crippen LogP contribution in [0.25, 0.3) is 0 Å². The van der Waals surface area contributed by atoms with Crippen molar-refractivity contribution < 1.29 is 9.47 Å². The van der Waals surface area contributed by atoms with E-state index in [1.54, 1.807) is 6.07 Å². The molecule has 2 aromatic rings. The van der Waals surface area contributed by atoms with E-state index in [-0.39, 0.29) is 12.4 Å². The third-order valence-corrected chi connectivity index (χ3v) is 4.61. The van der Waals surface area contributed by atoms with E-state index in [0.29, 0.717) is 23.3 Å². The highest BCUT2D eigenvalue weighted by molar-refractivity contribution is 6.35. The van der Waals surface area contributed by atoms with E-state index in [4.69, 9.17) is 32.7 Å². The first-order valence-electron chi connectivity index (χ1n) is 9.17. The molecule has 0 heterocycles. The van der Waals surface area contributed by atoms with Gasteiger partial charge in [0, 0.05) is 27.7 Å². The van der Waals surface area contributed by atoms with Crippen molar-refractivity contribution in [1.82, 2.24) is 5.32 Å². The summed E-state index contributed by atoms with van der Waals surface area (Å²) < 4.78 is 11.9. The molecule has 3 nitrogen and oxygen atoms in total. The van der Waals surface area contributed by atoms with Gasteiger partial charge in [0.15, 0.2) is 11.5 Å². The highest BCUT2D eigenvalue weighted by Crippen LogP contribution is 2.33. The van der Waals surface area contributed by atoms with Crippen LogP contribution in [-0.2, 0) is 13.2 Å². The maximum absolute atomic E-state index is 6.26. The zero-order chi connectivity index (χ0) is 18.8. The normalized spacial score (nSPS) is 10.4. The third-order valence-electron chi connectivity index (χ3n) is 4.02. The first kappa shape index (κ1) is 23.9. The summed E-state index contributed by atoms with van der Waals surface area (Å²) in [6, 6.07) is 11.4. The van der Waals surface area contributed by atoms with Gasteiger partial charge in [-0.1, -0.05) is 61.2 Å². The summed E-state index contributed by atoms with van der Waals surface area (Å²) in [7, 11) is 0. The van der Waals surface area contributed by atoms with Gasteiger partial charge in [-0.3, -0.25) is 0 Å². The van der Waals surface area contributed by atoms with Gasteiger partial charge < -0.3 is 14.8 Å². The van der Waals surface area contributed by atoms with Gasteiger partial charge in [-0.2, -0.15) is 0 Å². The minimum Gasteiger partial charge on any atom is -0.490 e. The fourth-order valence-corrected chi connectivity index (χ4v) is 3.11. The van der Waals surface area contributed by atoms with E-state index in [1.807, 2.05) is 31.2 Å². The topological polar surface area (TPSA) is 30.5 Å². The molecule has 0 bridgehead atoms. The Balaban J connectivity index is 0.00000364. The Hall–Kier alpha value is -1.13. The minimum absolute atomic E-state index is 0. The number of para-hydroxylation sites is 1. The van der Waals surface area contributed by atoms with Gasteiger partial charge in [0.1, 0.15) is 6.61 Å². The van der Waals surface area contributed by atoms with Crippen LogP contribution in [0.4, 0.5) is 0 Å². The fraction of sp³-hybridized carbons (Fsp3) is 0.429. The smallest absolute Gasteiger partial charge is 0.166 e. The van der Waals surface area contributed by atoms with Crippen molar-refractivity contribution in [1.29, 1.82) is 0 Å². The number of rotatable bonds is 11. The van der Waals surface area contributed by atoms with Crippen LogP contribution < -0.4 is 14.8 Å². The van der Waals surface area contributed by atoms with Gasteiger partial charge in [0.25, 0.3) is 0 Å². The van der Waals surface area contributed by atoms with Gasteiger partial charge in [-0.15, -0.1) is 12.4 Å². The van der Waals surface area contributed by atoms with Crippen molar-refractivity contribution in [3.05, 3.63) is 57.6 Å². The fourth-order valence-electron chi connectivity index (χ4n) is 2.65. The van der Waals surface area contributed by atoms with Crippen molar-refractivity contribution >= 4 is 35.6 Å². The molecule has 0 saturated heterocycles. The van der Waals surface area contributed by atoms with Crippen LogP contribution in [-0.4, -0.2) is 13.2 Å². The average Bonchev–Trinajstić information content (AvgIpc) is 2.62. The summed E-state index contributed by atoms with van der Waals surface area (Å²) in [6.07, 6.45) is 3.64. The molecule has 1 N–H and O–H groups in total. The third kappa shape index (κ3) is 7.79. The molecule has 0 aromatic heterocycles. The molecule has 0 aliphatic rings. The quantitative estimate of drug-likeness (QED) is 0.402. The Morgan fingerprint density at radius 2 is 1.78 bits per heavy atom. The van der Waals surface area contributed by atoms with E-state index in [9.17, 15) is 0 Å². The lowest BCUT2D eigenvalue weighted by atomic mass is 10.1. The van der Waals surface area contributed by atoms with Gasteiger partial charge in [-0.25, -0.2) is 0 Å². The first-order valence-corrected chi connectivity index (χ1v) is 9.93. The van der Waals surface area contributed by atoms with Gasteiger partial charge in [0.05, 0.1) is 6.61 Å². The Labute approximate surface area is 178 Å². The second-order valence-electron chi connectivity index (χ2n) is 6.09. The van der Waals surface area contributed by atoms with E-state index in [0.717, 1.165) is 35.7 Å². The molecule has 27 heavy (non-hydrogen) atoms. The molecule has 2 aromatic carbocycles. The standard InChI is InChI=1S/C21H27Cl2NO2.ClH/c1-3-5-6-12-24-14-16-8-7-9-20(25-4-2)21(16)26-15-17-10-11-18(22)13-19(17)23;/h7-11,13,24H,3-6,12,14-15H2,1-2H3;1H. The Bertz CT molecular complexity index is 695. The van der Waals surface area contributed by atoms with E-state index in [2.05, 4.69) is 18.3 Å². The van der Waals surface area contributed by atoms with E-state index < -0.39 is 0 Å². The molecule has 0 fully saturated rings. The molecule has 0 aliphatic carbocycles. The monoisotopic (exact) mass is 431 g/mol. The maximum Gasteiger partial charge on any atom is 0.166 e. The number of hydrogen-bond donors (Lipinski definition) is 1. The van der Waals surface area contributed by atoms with Gasteiger partial charge in [-0.05, 0) is 38.1 Å². The number of benzene rings is 2. The van der Waals surface area contributed by atoms with Crippen LogP contribution in [0.5, 0.6) is 11.5 Å². The van der Waals surface area contributed by atoms with E-state index in [1.165, 1.54) is 19.3 Å². The van der Waals surface area contributed by atoms with Gasteiger partial charge in [0.2, 0.25) is 0 Å². The summed E-state index contributed by atoms with van der Waals surface area (Å²) in [4.78, 5) is 0. The van der Waals surface area contributed by atoms with Crippen molar-refractivity contribution in [2.45, 2.75) is 46.3 Å². The molecule has 0 radical (unpaired) electrons. The van der Waals surface area contributed by atoms with Crippen molar-refractivity contribution in [3.63, 3.8) is 0 Å². The predicted octanol–water partition coefficient (Wildman–Crippen LogP) is 6.67. The van der Waals surface area contributed by atoms with Crippen LogP contribution in [0.15, 0.2) is 36.4 Å². The Morgan fingerprint density at radius 3 is 2.48 bits per heavy atom. The van der Waals surface area contributed by atoms with Gasteiger partial charge >= 0.3 is 0 Å². The zero-order valence-corrected chi connectivity index (χ0v) is 18.2. The van der Waals surface area contributed by atoms with Crippen LogP contribution in [0.1, 0.15) is 44.2 Å². The largest absolute Gasteiger partial charge is 0.490 e.